The number of rotatable bonds is 8. The number of benzene rings is 3. The molecule has 0 bridgehead atoms. The van der Waals surface area contributed by atoms with E-state index in [1.807, 2.05) is 91.9 Å². The van der Waals surface area contributed by atoms with Gasteiger partial charge in [-0.1, -0.05) is 90.1 Å². The molecule has 0 fully saturated rings. The number of hydrogen-bond donors (Lipinski definition) is 1. The normalized spacial score (nSPS) is 11.9. The summed E-state index contributed by atoms with van der Waals surface area (Å²) in [4.78, 5) is 17.1. The number of carbonyl (C=O) groups excluding carboxylic acids is 1. The highest BCUT2D eigenvalue weighted by Gasteiger charge is 2.14. The first kappa shape index (κ1) is 22.8. The molecule has 33 heavy (non-hydrogen) atoms. The molecular formula is C26H23ClN4OS. The topological polar surface area (TPSA) is 59.3 Å². The van der Waals surface area contributed by atoms with Crippen molar-refractivity contribution < 1.29 is 4.79 Å². The van der Waals surface area contributed by atoms with Crippen LogP contribution in [0.3, 0.4) is 0 Å². The van der Waals surface area contributed by atoms with E-state index in [0.29, 0.717) is 11.6 Å². The first-order valence-electron chi connectivity index (χ1n) is 10.5. The molecule has 0 aliphatic rings. The van der Waals surface area contributed by atoms with Crippen LogP contribution >= 0.6 is 23.4 Å². The molecule has 0 saturated heterocycles. The molecule has 1 amide bonds. The van der Waals surface area contributed by atoms with E-state index in [-0.39, 0.29) is 11.7 Å². The Morgan fingerprint density at radius 2 is 1.79 bits per heavy atom. The van der Waals surface area contributed by atoms with Gasteiger partial charge in [-0.25, -0.2) is 10.4 Å². The monoisotopic (exact) mass is 474 g/mol. The van der Waals surface area contributed by atoms with Gasteiger partial charge >= 0.3 is 0 Å². The van der Waals surface area contributed by atoms with Crippen LogP contribution in [0.2, 0.25) is 5.02 Å². The average molecular weight is 475 g/mol. The molecule has 1 aromatic heterocycles. The fourth-order valence-corrected chi connectivity index (χ4v) is 4.33. The number of nitrogens with one attached hydrogen (secondary N) is 1. The molecule has 0 aliphatic carbocycles. The summed E-state index contributed by atoms with van der Waals surface area (Å²) in [7, 11) is 0. The molecule has 0 aliphatic heterocycles. The fourth-order valence-electron chi connectivity index (χ4n) is 3.33. The Morgan fingerprint density at radius 3 is 2.61 bits per heavy atom. The number of carbonyl (C=O) groups is 1. The molecule has 3 aromatic carbocycles. The molecular weight excluding hydrogens is 452 g/mol. The van der Waals surface area contributed by atoms with E-state index in [0.717, 1.165) is 32.9 Å². The van der Waals surface area contributed by atoms with Gasteiger partial charge in [0.05, 0.1) is 29.5 Å². The maximum Gasteiger partial charge on any atom is 0.250 e. The molecule has 7 heteroatoms. The van der Waals surface area contributed by atoms with Gasteiger partial charge in [0.1, 0.15) is 0 Å². The SMILES string of the molecule is CC(=C/c1ccccc1)/C=N/NC(=O)CSc1nc2ccccc2n1Cc1ccccc1Cl. The third kappa shape index (κ3) is 6.12. The van der Waals surface area contributed by atoms with Crippen LogP contribution in [-0.4, -0.2) is 27.4 Å². The number of allylic oxidation sites excluding steroid dienone is 1. The molecule has 0 atom stereocenters. The summed E-state index contributed by atoms with van der Waals surface area (Å²) in [5.41, 5.74) is 7.50. The van der Waals surface area contributed by atoms with Crippen molar-refractivity contribution in [2.75, 3.05) is 5.75 Å². The maximum absolute atomic E-state index is 12.4. The van der Waals surface area contributed by atoms with Gasteiger partial charge in [-0.3, -0.25) is 4.79 Å². The Kier molecular flexibility index (Phi) is 7.60. The molecule has 1 N–H and O–H groups in total. The Hall–Kier alpha value is -3.35. The summed E-state index contributed by atoms with van der Waals surface area (Å²) in [6.45, 7) is 2.51. The highest BCUT2D eigenvalue weighted by molar-refractivity contribution is 7.99. The second kappa shape index (κ2) is 11.0. The summed E-state index contributed by atoms with van der Waals surface area (Å²) in [5, 5.41) is 5.54. The number of para-hydroxylation sites is 2. The van der Waals surface area contributed by atoms with Gasteiger partial charge in [0.25, 0.3) is 5.91 Å². The molecule has 1 heterocycles. The lowest BCUT2D eigenvalue weighted by molar-refractivity contribution is -0.118. The molecule has 5 nitrogen and oxygen atoms in total. The average Bonchev–Trinajstić information content (AvgIpc) is 3.17. The minimum absolute atomic E-state index is 0.194. The van der Waals surface area contributed by atoms with Crippen LogP contribution in [0.25, 0.3) is 17.1 Å². The van der Waals surface area contributed by atoms with Gasteiger partial charge in [-0.15, -0.1) is 0 Å². The number of thioether (sulfide) groups is 1. The van der Waals surface area contributed by atoms with Crippen molar-refractivity contribution in [2.24, 2.45) is 5.10 Å². The van der Waals surface area contributed by atoms with Crippen molar-refractivity contribution in [1.29, 1.82) is 0 Å². The Labute approximate surface area is 202 Å². The van der Waals surface area contributed by atoms with E-state index in [4.69, 9.17) is 16.6 Å². The Balaban J connectivity index is 1.42. The van der Waals surface area contributed by atoms with Gasteiger partial charge < -0.3 is 4.57 Å². The lowest BCUT2D eigenvalue weighted by atomic mass is 10.1. The van der Waals surface area contributed by atoms with Crippen LogP contribution in [0, 0.1) is 0 Å². The minimum Gasteiger partial charge on any atom is -0.314 e. The minimum atomic E-state index is -0.194. The largest absolute Gasteiger partial charge is 0.314 e. The molecule has 0 unspecified atom stereocenters. The van der Waals surface area contributed by atoms with Gasteiger partial charge in [0, 0.05) is 5.02 Å². The van der Waals surface area contributed by atoms with E-state index in [2.05, 4.69) is 15.1 Å². The summed E-state index contributed by atoms with van der Waals surface area (Å²) in [6, 6.07) is 25.6. The number of amides is 1. The van der Waals surface area contributed by atoms with Crippen LogP contribution in [-0.2, 0) is 11.3 Å². The van der Waals surface area contributed by atoms with Crippen LogP contribution in [0.15, 0.2) is 94.7 Å². The van der Waals surface area contributed by atoms with Crippen molar-refractivity contribution in [1.82, 2.24) is 15.0 Å². The molecule has 0 saturated carbocycles. The van der Waals surface area contributed by atoms with Crippen molar-refractivity contribution >= 4 is 52.6 Å². The first-order chi connectivity index (χ1) is 16.1. The fraction of sp³-hybridized carbons (Fsp3) is 0.115. The lowest BCUT2D eigenvalue weighted by Gasteiger charge is -2.10. The standard InChI is InChI=1S/C26H23ClN4OS/c1-19(15-20-9-3-2-4-10-20)16-28-30-25(32)18-33-26-29-23-13-7-8-14-24(23)31(26)17-21-11-5-6-12-22(21)27/h2-16H,17-18H2,1H3,(H,30,32)/b19-15-,28-16+. The number of imidazole rings is 1. The first-order valence-corrected chi connectivity index (χ1v) is 11.8. The lowest BCUT2D eigenvalue weighted by Crippen LogP contribution is -2.20. The van der Waals surface area contributed by atoms with Crippen LogP contribution < -0.4 is 5.43 Å². The van der Waals surface area contributed by atoms with E-state index in [1.165, 1.54) is 11.8 Å². The quantitative estimate of drug-likeness (QED) is 0.192. The van der Waals surface area contributed by atoms with E-state index < -0.39 is 0 Å². The third-order valence-corrected chi connectivity index (χ3v) is 6.23. The maximum atomic E-state index is 12.4. The van der Waals surface area contributed by atoms with Gasteiger partial charge in [-0.2, -0.15) is 5.10 Å². The summed E-state index contributed by atoms with van der Waals surface area (Å²) in [6.07, 6.45) is 3.64. The van der Waals surface area contributed by atoms with Crippen LogP contribution in [0.5, 0.6) is 0 Å². The predicted octanol–water partition coefficient (Wildman–Crippen LogP) is 6.04. The number of nitrogens with zero attached hydrogens (tertiary/aromatic N) is 3. The Bertz CT molecular complexity index is 1310. The summed E-state index contributed by atoms with van der Waals surface area (Å²) >= 11 is 7.76. The number of halogens is 1. The third-order valence-electron chi connectivity index (χ3n) is 4.89. The van der Waals surface area contributed by atoms with Crippen molar-refractivity contribution in [2.45, 2.75) is 18.6 Å². The number of hydrazone groups is 1. The van der Waals surface area contributed by atoms with Crippen molar-refractivity contribution in [3.05, 3.63) is 101 Å². The molecule has 4 rings (SSSR count). The van der Waals surface area contributed by atoms with E-state index >= 15 is 0 Å². The summed E-state index contributed by atoms with van der Waals surface area (Å²) < 4.78 is 2.09. The smallest absolute Gasteiger partial charge is 0.250 e. The number of hydrogen-bond acceptors (Lipinski definition) is 4. The zero-order valence-corrected chi connectivity index (χ0v) is 19.7. The van der Waals surface area contributed by atoms with Gasteiger partial charge in [0.2, 0.25) is 0 Å². The van der Waals surface area contributed by atoms with Crippen LogP contribution in [0.4, 0.5) is 0 Å². The molecule has 166 valence electrons. The summed E-state index contributed by atoms with van der Waals surface area (Å²) in [5.74, 6) is 0.00470. The molecule has 0 radical (unpaired) electrons. The number of fused-ring (bicyclic) bond motifs is 1. The van der Waals surface area contributed by atoms with Crippen LogP contribution in [0.1, 0.15) is 18.1 Å². The second-order valence-corrected chi connectivity index (χ2v) is 8.79. The highest BCUT2D eigenvalue weighted by Crippen LogP contribution is 2.27. The Morgan fingerprint density at radius 1 is 1.06 bits per heavy atom. The zero-order valence-electron chi connectivity index (χ0n) is 18.1. The van der Waals surface area contributed by atoms with Gasteiger partial charge in [0.15, 0.2) is 5.16 Å². The highest BCUT2D eigenvalue weighted by atomic mass is 35.5. The van der Waals surface area contributed by atoms with Crippen molar-refractivity contribution in [3.63, 3.8) is 0 Å². The van der Waals surface area contributed by atoms with Crippen molar-refractivity contribution in [3.8, 4) is 0 Å². The predicted molar refractivity (Wildman–Crippen MR) is 138 cm³/mol. The number of aromatic nitrogens is 2. The van der Waals surface area contributed by atoms with E-state index in [1.54, 1.807) is 6.21 Å². The molecule has 4 aromatic rings. The zero-order chi connectivity index (χ0) is 23.0. The van der Waals surface area contributed by atoms with Gasteiger partial charge in [-0.05, 0) is 41.8 Å². The molecule has 0 spiro atoms. The van der Waals surface area contributed by atoms with E-state index in [9.17, 15) is 4.79 Å². The second-order valence-electron chi connectivity index (χ2n) is 7.44.